The zero-order valence-corrected chi connectivity index (χ0v) is 30.6. The monoisotopic (exact) mass is 793 g/mol. The fourth-order valence-corrected chi connectivity index (χ4v) is 6.59. The number of aliphatic hydroxyl groups excluding tert-OH is 4. The maximum absolute atomic E-state index is 12.9. The van der Waals surface area contributed by atoms with Crippen molar-refractivity contribution in [1.29, 1.82) is 0 Å². The van der Waals surface area contributed by atoms with Crippen LogP contribution < -0.4 is 38.9 Å². The second kappa shape index (κ2) is 18.3. The molecule has 2 fully saturated rings. The molecule has 10 atom stereocenters. The third-order valence-corrected chi connectivity index (χ3v) is 9.67. The average molecular weight is 794 g/mol. The van der Waals surface area contributed by atoms with Gasteiger partial charge in [-0.05, 0) is 61.4 Å². The molecule has 15 N–H and O–H groups in total. The van der Waals surface area contributed by atoms with Gasteiger partial charge in [0.1, 0.15) is 48.9 Å². The highest BCUT2D eigenvalue weighted by Crippen LogP contribution is 2.23. The first-order valence-corrected chi connectivity index (χ1v) is 18.1. The summed E-state index contributed by atoms with van der Waals surface area (Å²) in [7, 11) is 0. The lowest BCUT2D eigenvalue weighted by Crippen LogP contribution is -2.61. The Hall–Kier alpha value is -5.27. The number of hydrogen-bond acceptors (Lipinski definition) is 17. The minimum atomic E-state index is -1.25. The van der Waals surface area contributed by atoms with Crippen molar-refractivity contribution in [2.24, 2.45) is 22.9 Å². The summed E-state index contributed by atoms with van der Waals surface area (Å²) in [6.45, 7) is -0.408. The molecule has 0 unspecified atom stereocenters. The summed E-state index contributed by atoms with van der Waals surface area (Å²) >= 11 is 0. The summed E-state index contributed by atoms with van der Waals surface area (Å²) < 4.78 is 14.0. The van der Waals surface area contributed by atoms with Gasteiger partial charge in [0.25, 0.3) is 5.91 Å². The van der Waals surface area contributed by atoms with Crippen LogP contribution >= 0.6 is 0 Å². The number of nitrogens with one attached hydrogen (secondary N) is 3. The van der Waals surface area contributed by atoms with Gasteiger partial charge in [-0.25, -0.2) is 9.36 Å². The number of rotatable bonds is 14. The highest BCUT2D eigenvalue weighted by Gasteiger charge is 2.42. The van der Waals surface area contributed by atoms with Crippen molar-refractivity contribution in [2.75, 3.05) is 16.0 Å². The number of nitrogens with two attached hydrogens (primary N) is 4. The standard InChI is InChI=1S/C35H47N13O9/c36-23-9-25(38)33(31(53)29(23)51)56-15-21-11-47(45-43-21)13-27(49)40-18-3-1-17(2-4-18)35(55)42-20-7-5-19(6-8-20)41-28(50)14-48-12-22(44-46-48)16-57-34-26(39)10-24(37)30(52)32(34)54/h1-8,11-12,23-26,29-34,51-54H,9-10,13-16,36-39H2,(H,40,49)(H,41,50)(H,42,55)/t23-,24-,25+,26+,29+,30+,31-,32-,33-,34-/m1/s1. The van der Waals surface area contributed by atoms with E-state index >= 15 is 0 Å². The molecule has 0 aliphatic heterocycles. The number of benzene rings is 2. The molecule has 2 saturated carbocycles. The molecule has 0 bridgehead atoms. The molecule has 2 aliphatic carbocycles. The van der Waals surface area contributed by atoms with E-state index in [1.54, 1.807) is 48.5 Å². The van der Waals surface area contributed by atoms with Crippen LogP contribution in [-0.2, 0) is 45.4 Å². The van der Waals surface area contributed by atoms with Crippen LogP contribution in [0.4, 0.5) is 17.1 Å². The van der Waals surface area contributed by atoms with Gasteiger partial charge in [0.15, 0.2) is 0 Å². The van der Waals surface area contributed by atoms with Gasteiger partial charge in [0.2, 0.25) is 11.8 Å². The lowest BCUT2D eigenvalue weighted by atomic mass is 9.85. The largest absolute Gasteiger partial charge is 0.389 e. The molecule has 0 saturated heterocycles. The van der Waals surface area contributed by atoms with Gasteiger partial charge in [0.05, 0.1) is 37.8 Å². The third-order valence-electron chi connectivity index (χ3n) is 9.67. The number of amides is 3. The van der Waals surface area contributed by atoms with Gasteiger partial charge >= 0.3 is 0 Å². The molecule has 306 valence electrons. The van der Waals surface area contributed by atoms with E-state index in [0.29, 0.717) is 34.0 Å². The van der Waals surface area contributed by atoms with Gasteiger partial charge in [0, 0.05) is 46.8 Å². The molecule has 57 heavy (non-hydrogen) atoms. The number of carbonyl (C=O) groups is 3. The van der Waals surface area contributed by atoms with Gasteiger partial charge in [-0.1, -0.05) is 10.4 Å². The number of hydrogen-bond donors (Lipinski definition) is 11. The highest BCUT2D eigenvalue weighted by atomic mass is 16.5. The molecule has 0 radical (unpaired) electrons. The third kappa shape index (κ3) is 10.6. The molecular formula is C35H47N13O9. The van der Waals surface area contributed by atoms with E-state index < -0.39 is 72.6 Å². The molecule has 22 nitrogen and oxygen atoms in total. The topological polar surface area (TPSA) is 352 Å². The van der Waals surface area contributed by atoms with E-state index in [1.807, 2.05) is 0 Å². The second-order valence-electron chi connectivity index (χ2n) is 14.2. The Labute approximate surface area is 325 Å². The molecule has 3 amide bonds. The summed E-state index contributed by atoms with van der Waals surface area (Å²) in [5, 5.41) is 64.7. The number of anilines is 3. The van der Waals surface area contributed by atoms with E-state index in [0.717, 1.165) is 0 Å². The lowest BCUT2D eigenvalue weighted by molar-refractivity contribution is -0.132. The first-order chi connectivity index (χ1) is 27.2. The Balaban J connectivity index is 0.905. The number of ether oxygens (including phenoxy) is 2. The molecule has 22 heteroatoms. The maximum atomic E-state index is 12.9. The van der Waals surface area contributed by atoms with Crippen molar-refractivity contribution in [3.63, 3.8) is 0 Å². The zero-order chi connectivity index (χ0) is 40.8. The van der Waals surface area contributed by atoms with Crippen LogP contribution in [0, 0.1) is 0 Å². The normalized spacial score (nSPS) is 27.4. The van der Waals surface area contributed by atoms with E-state index in [9.17, 15) is 34.8 Å². The summed E-state index contributed by atoms with van der Waals surface area (Å²) in [4.78, 5) is 38.2. The lowest BCUT2D eigenvalue weighted by Gasteiger charge is -2.39. The molecule has 6 rings (SSSR count). The molecule has 2 aliphatic rings. The predicted molar refractivity (Wildman–Crippen MR) is 200 cm³/mol. The summed E-state index contributed by atoms with van der Waals surface area (Å²) in [5.41, 5.74) is 26.2. The number of aliphatic hydroxyl groups is 4. The first kappa shape index (κ1) is 41.4. The van der Waals surface area contributed by atoms with Crippen LogP contribution in [0.3, 0.4) is 0 Å². The molecule has 4 aromatic rings. The molecule has 2 aromatic carbocycles. The van der Waals surface area contributed by atoms with Crippen molar-refractivity contribution in [3.8, 4) is 0 Å². The van der Waals surface area contributed by atoms with Crippen LogP contribution in [0.25, 0.3) is 0 Å². The van der Waals surface area contributed by atoms with Crippen LogP contribution in [0.5, 0.6) is 0 Å². The average Bonchev–Trinajstić information content (AvgIpc) is 3.82. The van der Waals surface area contributed by atoms with Crippen molar-refractivity contribution in [2.45, 2.75) is 99.9 Å². The van der Waals surface area contributed by atoms with Gasteiger partial charge in [-0.2, -0.15) is 0 Å². The van der Waals surface area contributed by atoms with Gasteiger partial charge in [-0.15, -0.1) is 10.2 Å². The number of nitrogens with zero attached hydrogens (tertiary/aromatic N) is 6. The minimum Gasteiger partial charge on any atom is -0.389 e. The molecular weight excluding hydrogens is 746 g/mol. The fourth-order valence-electron chi connectivity index (χ4n) is 6.59. The Kier molecular flexibility index (Phi) is 13.3. The quantitative estimate of drug-likeness (QED) is 0.0596. The van der Waals surface area contributed by atoms with Crippen molar-refractivity contribution in [3.05, 3.63) is 77.9 Å². The van der Waals surface area contributed by atoms with Crippen molar-refractivity contribution >= 4 is 34.8 Å². The Morgan fingerprint density at radius 2 is 0.982 bits per heavy atom. The number of carbonyl (C=O) groups excluding carboxylic acids is 3. The number of aromatic nitrogens is 6. The van der Waals surface area contributed by atoms with Crippen molar-refractivity contribution in [1.82, 2.24) is 30.0 Å². The highest BCUT2D eigenvalue weighted by molar-refractivity contribution is 6.04. The molecule has 2 heterocycles. The SMILES string of the molecule is N[C@@H]1C[C@H](N)[C@@H](OCc2cn(CC(=O)Nc3ccc(NC(=O)c4ccc(NC(=O)Cn5cc(CO[C@H]6[C@H](O)[C@@H](O)[C@H](N)C[C@@H]6N)nn5)cc4)cc3)nn2)[C@H](O)[C@H]1O. The van der Waals surface area contributed by atoms with Crippen molar-refractivity contribution < 1.29 is 44.3 Å². The summed E-state index contributed by atoms with van der Waals surface area (Å²) in [6, 6.07) is 10.3. The van der Waals surface area contributed by atoms with E-state index in [2.05, 4.69) is 36.6 Å². The van der Waals surface area contributed by atoms with Crippen LogP contribution in [0.1, 0.15) is 34.6 Å². The predicted octanol–water partition coefficient (Wildman–Crippen LogP) is -3.27. The van der Waals surface area contributed by atoms with E-state index in [-0.39, 0.29) is 45.1 Å². The minimum absolute atomic E-state index is 0.0485. The summed E-state index contributed by atoms with van der Waals surface area (Å²) in [6.07, 6.45) is -2.90. The zero-order valence-electron chi connectivity index (χ0n) is 30.6. The van der Waals surface area contributed by atoms with E-state index in [4.69, 9.17) is 32.4 Å². The smallest absolute Gasteiger partial charge is 0.255 e. The second-order valence-corrected chi connectivity index (χ2v) is 14.2. The van der Waals surface area contributed by atoms with Gasteiger partial charge in [-0.3, -0.25) is 14.4 Å². The fraction of sp³-hybridized carbons (Fsp3) is 0.457. The summed E-state index contributed by atoms with van der Waals surface area (Å²) in [5.74, 6) is -1.18. The maximum Gasteiger partial charge on any atom is 0.255 e. The van der Waals surface area contributed by atoms with E-state index in [1.165, 1.54) is 21.8 Å². The first-order valence-electron chi connectivity index (χ1n) is 18.1. The van der Waals surface area contributed by atoms with Crippen LogP contribution in [-0.4, -0.2) is 129 Å². The van der Waals surface area contributed by atoms with Crippen LogP contribution in [0.2, 0.25) is 0 Å². The molecule has 0 spiro atoms. The van der Waals surface area contributed by atoms with Crippen LogP contribution in [0.15, 0.2) is 60.9 Å². The van der Waals surface area contributed by atoms with Gasteiger partial charge < -0.3 is 68.8 Å². The Morgan fingerprint density at radius 1 is 0.596 bits per heavy atom. The molecule has 2 aromatic heterocycles. The Morgan fingerprint density at radius 3 is 1.40 bits per heavy atom. The Bertz CT molecular complexity index is 1980.